The van der Waals surface area contributed by atoms with Crippen molar-refractivity contribution in [3.05, 3.63) is 46.1 Å². The van der Waals surface area contributed by atoms with Gasteiger partial charge in [-0.25, -0.2) is 18.3 Å². The predicted octanol–water partition coefficient (Wildman–Crippen LogP) is 1.65. The van der Waals surface area contributed by atoms with Crippen LogP contribution in [0.1, 0.15) is 55.3 Å². The Morgan fingerprint density at radius 2 is 2.08 bits per heavy atom. The van der Waals surface area contributed by atoms with Gasteiger partial charge in [-0.3, -0.25) is 9.78 Å². The fourth-order valence-electron chi connectivity index (χ4n) is 3.14. The van der Waals surface area contributed by atoms with Crippen LogP contribution >= 0.6 is 0 Å². The van der Waals surface area contributed by atoms with E-state index in [9.17, 15) is 18.0 Å². The first-order valence-corrected chi connectivity index (χ1v) is 10.1. The van der Waals surface area contributed by atoms with Crippen LogP contribution in [0.3, 0.4) is 0 Å². The molecule has 0 spiro atoms. The molecule has 2 aromatic rings. The average molecular weight is 378 g/mol. The molecule has 1 amide bonds. The molecule has 3 rings (SSSR count). The Morgan fingerprint density at radius 3 is 2.73 bits per heavy atom. The largest absolute Gasteiger partial charge is 0.340 e. The summed E-state index contributed by atoms with van der Waals surface area (Å²) in [6, 6.07) is 5.79. The van der Waals surface area contributed by atoms with Crippen LogP contribution in [0.25, 0.3) is 0 Å². The van der Waals surface area contributed by atoms with Gasteiger partial charge in [0, 0.05) is 12.1 Å². The summed E-state index contributed by atoms with van der Waals surface area (Å²) in [7, 11) is -3.46. The number of H-pyrrole nitrogens is 2. The molecule has 0 bridgehead atoms. The van der Waals surface area contributed by atoms with Crippen molar-refractivity contribution in [2.75, 3.05) is 6.54 Å². The lowest BCUT2D eigenvalue weighted by Crippen LogP contribution is -2.39. The van der Waals surface area contributed by atoms with Crippen molar-refractivity contribution in [2.24, 2.45) is 0 Å². The van der Waals surface area contributed by atoms with Crippen LogP contribution in [0.5, 0.6) is 0 Å². The Kier molecular flexibility index (Phi) is 4.99. The summed E-state index contributed by atoms with van der Waals surface area (Å²) in [5.74, 6) is 0.161. The summed E-state index contributed by atoms with van der Waals surface area (Å²) in [5, 5.41) is 5.73. The SMILES string of the molecule is CC(C)S(=O)(=O)c1cccc(C(=O)N2CCCC[C@@H]2c2n[nH]c(=O)[nH]2)c1. The van der Waals surface area contributed by atoms with Crippen molar-refractivity contribution in [1.29, 1.82) is 0 Å². The Labute approximate surface area is 151 Å². The van der Waals surface area contributed by atoms with E-state index in [-0.39, 0.29) is 16.8 Å². The lowest BCUT2D eigenvalue weighted by atomic mass is 10.00. The summed E-state index contributed by atoms with van der Waals surface area (Å²) < 4.78 is 24.8. The minimum Gasteiger partial charge on any atom is -0.328 e. The van der Waals surface area contributed by atoms with Gasteiger partial charge in [0.2, 0.25) is 0 Å². The Bertz CT molecular complexity index is 961. The van der Waals surface area contributed by atoms with E-state index in [1.807, 2.05) is 0 Å². The second-order valence-electron chi connectivity index (χ2n) is 6.69. The molecule has 0 saturated carbocycles. The maximum Gasteiger partial charge on any atom is 0.340 e. The molecule has 9 heteroatoms. The van der Waals surface area contributed by atoms with Crippen LogP contribution in [0.2, 0.25) is 0 Å². The van der Waals surface area contributed by atoms with Gasteiger partial charge in [-0.15, -0.1) is 0 Å². The average Bonchev–Trinajstić information content (AvgIpc) is 3.07. The van der Waals surface area contributed by atoms with Gasteiger partial charge in [0.15, 0.2) is 15.7 Å². The van der Waals surface area contributed by atoms with Gasteiger partial charge < -0.3 is 4.90 Å². The molecule has 0 unspecified atom stereocenters. The lowest BCUT2D eigenvalue weighted by molar-refractivity contribution is 0.0600. The van der Waals surface area contributed by atoms with Crippen molar-refractivity contribution in [1.82, 2.24) is 20.1 Å². The number of sulfone groups is 1. The zero-order valence-corrected chi connectivity index (χ0v) is 15.5. The first-order valence-electron chi connectivity index (χ1n) is 8.60. The van der Waals surface area contributed by atoms with E-state index in [2.05, 4.69) is 15.2 Å². The van der Waals surface area contributed by atoms with Crippen LogP contribution < -0.4 is 5.69 Å². The molecule has 140 valence electrons. The standard InChI is InChI=1S/C17H22N4O4S/c1-11(2)26(24,25)13-7-5-6-12(10-13)16(22)21-9-4-3-8-14(21)15-18-17(23)20-19-15/h5-7,10-11,14H,3-4,8-9H2,1-2H3,(H2,18,19,20,23)/t14-/m1/s1. The van der Waals surface area contributed by atoms with Crippen LogP contribution in [0.4, 0.5) is 0 Å². The molecular formula is C17H22N4O4S. The first-order chi connectivity index (χ1) is 12.3. The molecule has 0 aliphatic carbocycles. The number of aromatic amines is 2. The number of hydrogen-bond acceptors (Lipinski definition) is 5. The summed E-state index contributed by atoms with van der Waals surface area (Å²) >= 11 is 0. The summed E-state index contributed by atoms with van der Waals surface area (Å²) in [6.45, 7) is 3.75. The predicted molar refractivity (Wildman–Crippen MR) is 95.6 cm³/mol. The molecular weight excluding hydrogens is 356 g/mol. The van der Waals surface area contributed by atoms with E-state index >= 15 is 0 Å². The van der Waals surface area contributed by atoms with Crippen LogP contribution in [0, 0.1) is 0 Å². The highest BCUT2D eigenvalue weighted by molar-refractivity contribution is 7.92. The molecule has 1 aliphatic heterocycles. The third-order valence-electron chi connectivity index (χ3n) is 4.63. The van der Waals surface area contributed by atoms with Crippen molar-refractivity contribution < 1.29 is 13.2 Å². The van der Waals surface area contributed by atoms with Crippen molar-refractivity contribution >= 4 is 15.7 Å². The summed E-state index contributed by atoms with van der Waals surface area (Å²) in [4.78, 5) is 28.8. The number of nitrogens with zero attached hydrogens (tertiary/aromatic N) is 2. The van der Waals surface area contributed by atoms with E-state index < -0.39 is 20.8 Å². The first kappa shape index (κ1) is 18.4. The maximum atomic E-state index is 13.0. The molecule has 1 aromatic heterocycles. The third-order valence-corrected chi connectivity index (χ3v) is 6.78. The topological polar surface area (TPSA) is 116 Å². The minimum atomic E-state index is -3.46. The normalized spacial score (nSPS) is 18.3. The number of aromatic nitrogens is 3. The van der Waals surface area contributed by atoms with Gasteiger partial charge in [-0.2, -0.15) is 5.10 Å². The van der Waals surface area contributed by atoms with Gasteiger partial charge in [0.1, 0.15) is 0 Å². The molecule has 1 fully saturated rings. The zero-order chi connectivity index (χ0) is 18.9. The number of benzene rings is 1. The smallest absolute Gasteiger partial charge is 0.328 e. The zero-order valence-electron chi connectivity index (χ0n) is 14.7. The maximum absolute atomic E-state index is 13.0. The molecule has 26 heavy (non-hydrogen) atoms. The number of nitrogens with one attached hydrogen (secondary N) is 2. The Balaban J connectivity index is 1.94. The van der Waals surface area contributed by atoms with Crippen molar-refractivity contribution in [2.45, 2.75) is 49.3 Å². The second-order valence-corrected chi connectivity index (χ2v) is 9.20. The summed E-state index contributed by atoms with van der Waals surface area (Å²) in [5.41, 5.74) is -0.0977. The quantitative estimate of drug-likeness (QED) is 0.839. The second kappa shape index (κ2) is 7.06. The highest BCUT2D eigenvalue weighted by Gasteiger charge is 2.31. The number of amides is 1. The van der Waals surface area contributed by atoms with Gasteiger partial charge in [0.05, 0.1) is 16.2 Å². The summed E-state index contributed by atoms with van der Waals surface area (Å²) in [6.07, 6.45) is 2.46. The van der Waals surface area contributed by atoms with Gasteiger partial charge in [-0.1, -0.05) is 6.07 Å². The molecule has 2 heterocycles. The van der Waals surface area contributed by atoms with Crippen LogP contribution in [-0.2, 0) is 9.84 Å². The van der Waals surface area contributed by atoms with Gasteiger partial charge in [-0.05, 0) is 51.3 Å². The third kappa shape index (κ3) is 3.44. The van der Waals surface area contributed by atoms with Crippen LogP contribution in [0.15, 0.2) is 34.0 Å². The van der Waals surface area contributed by atoms with Gasteiger partial charge in [0.25, 0.3) is 5.91 Å². The number of piperidine rings is 1. The van der Waals surface area contributed by atoms with E-state index in [0.717, 1.165) is 12.8 Å². The highest BCUT2D eigenvalue weighted by atomic mass is 32.2. The molecule has 1 saturated heterocycles. The number of rotatable bonds is 4. The number of carbonyl (C=O) groups is 1. The van der Waals surface area contributed by atoms with E-state index in [1.54, 1.807) is 30.9 Å². The van der Waals surface area contributed by atoms with Crippen molar-refractivity contribution in [3.8, 4) is 0 Å². The van der Waals surface area contributed by atoms with E-state index in [0.29, 0.717) is 24.4 Å². The minimum absolute atomic E-state index is 0.139. The van der Waals surface area contributed by atoms with E-state index in [1.165, 1.54) is 12.1 Å². The lowest BCUT2D eigenvalue weighted by Gasteiger charge is -2.34. The van der Waals surface area contributed by atoms with Gasteiger partial charge >= 0.3 is 5.69 Å². The molecule has 8 nitrogen and oxygen atoms in total. The highest BCUT2D eigenvalue weighted by Crippen LogP contribution is 2.30. The fraction of sp³-hybridized carbons (Fsp3) is 0.471. The van der Waals surface area contributed by atoms with Crippen molar-refractivity contribution in [3.63, 3.8) is 0 Å². The van der Waals surface area contributed by atoms with Crippen LogP contribution in [-0.4, -0.2) is 46.2 Å². The van der Waals surface area contributed by atoms with E-state index in [4.69, 9.17) is 0 Å². The molecule has 1 aromatic carbocycles. The Morgan fingerprint density at radius 1 is 1.31 bits per heavy atom. The number of carbonyl (C=O) groups excluding carboxylic acids is 1. The molecule has 1 atom stereocenters. The number of likely N-dealkylation sites (tertiary alicyclic amines) is 1. The fourth-order valence-corrected chi connectivity index (χ4v) is 4.25. The molecule has 2 N–H and O–H groups in total. The monoisotopic (exact) mass is 378 g/mol. The Hall–Kier alpha value is -2.42. The molecule has 0 radical (unpaired) electrons. The number of hydrogen-bond donors (Lipinski definition) is 2. The molecule has 1 aliphatic rings.